The smallest absolute Gasteiger partial charge is 0.331 e. The SMILES string of the molecule is O=C(Cn1ccc(=O)c2ccccc21)NC1(C(=O)O)CCOC1. The summed E-state index contributed by atoms with van der Waals surface area (Å²) in [4.78, 5) is 35.5. The number of nitrogens with one attached hydrogen (secondary N) is 1. The average Bonchev–Trinajstić information content (AvgIpc) is 3.00. The van der Waals surface area contributed by atoms with Crippen molar-refractivity contribution in [2.75, 3.05) is 13.2 Å². The van der Waals surface area contributed by atoms with Gasteiger partial charge in [0.2, 0.25) is 5.91 Å². The van der Waals surface area contributed by atoms with Gasteiger partial charge in [0.1, 0.15) is 6.54 Å². The number of benzene rings is 1. The molecule has 1 atom stereocenters. The Kier molecular flexibility index (Phi) is 3.87. The molecule has 1 unspecified atom stereocenters. The maximum Gasteiger partial charge on any atom is 0.331 e. The van der Waals surface area contributed by atoms with Gasteiger partial charge in [-0.15, -0.1) is 0 Å². The number of carboxylic acid groups (broad SMARTS) is 1. The van der Waals surface area contributed by atoms with Gasteiger partial charge in [-0.05, 0) is 12.1 Å². The molecule has 1 amide bonds. The number of ether oxygens (including phenoxy) is 1. The predicted octanol–water partition coefficient (Wildman–Crippen LogP) is 0.361. The summed E-state index contributed by atoms with van der Waals surface area (Å²) in [5.41, 5.74) is -0.864. The van der Waals surface area contributed by atoms with Crippen LogP contribution in [0, 0.1) is 0 Å². The molecule has 0 aliphatic carbocycles. The molecule has 1 aliphatic rings. The molecule has 7 heteroatoms. The average molecular weight is 316 g/mol. The normalized spacial score (nSPS) is 20.5. The summed E-state index contributed by atoms with van der Waals surface area (Å²) in [6.45, 7) is 0.183. The van der Waals surface area contributed by atoms with E-state index in [2.05, 4.69) is 5.32 Å². The second-order valence-electron chi connectivity index (χ2n) is 5.56. The van der Waals surface area contributed by atoms with Crippen molar-refractivity contribution >= 4 is 22.8 Å². The Morgan fingerprint density at radius 1 is 1.30 bits per heavy atom. The number of amides is 1. The van der Waals surface area contributed by atoms with E-state index in [0.717, 1.165) is 0 Å². The molecule has 0 spiro atoms. The Balaban J connectivity index is 1.85. The van der Waals surface area contributed by atoms with E-state index in [1.165, 1.54) is 12.3 Å². The van der Waals surface area contributed by atoms with Crippen molar-refractivity contribution in [1.29, 1.82) is 0 Å². The molecular weight excluding hydrogens is 300 g/mol. The van der Waals surface area contributed by atoms with Crippen LogP contribution in [0.25, 0.3) is 10.9 Å². The number of carbonyl (C=O) groups excluding carboxylic acids is 1. The van der Waals surface area contributed by atoms with Gasteiger partial charge in [0.25, 0.3) is 0 Å². The number of aliphatic carboxylic acids is 1. The minimum Gasteiger partial charge on any atom is -0.479 e. The summed E-state index contributed by atoms with van der Waals surface area (Å²) in [5.74, 6) is -1.54. The van der Waals surface area contributed by atoms with Crippen LogP contribution in [0.1, 0.15) is 6.42 Å². The lowest BCUT2D eigenvalue weighted by atomic mass is 9.99. The molecule has 3 rings (SSSR count). The first-order valence-corrected chi connectivity index (χ1v) is 7.22. The number of hydrogen-bond donors (Lipinski definition) is 2. The Hall–Kier alpha value is -2.67. The number of fused-ring (bicyclic) bond motifs is 1. The number of para-hydroxylation sites is 1. The molecule has 1 aliphatic heterocycles. The molecule has 2 aromatic rings. The lowest BCUT2D eigenvalue weighted by Gasteiger charge is -2.24. The molecule has 120 valence electrons. The highest BCUT2D eigenvalue weighted by atomic mass is 16.5. The lowest BCUT2D eigenvalue weighted by molar-refractivity contribution is -0.147. The first-order chi connectivity index (χ1) is 11.0. The van der Waals surface area contributed by atoms with E-state index in [1.54, 1.807) is 28.8 Å². The number of carboxylic acids is 1. The lowest BCUT2D eigenvalue weighted by Crippen LogP contribution is -2.55. The highest BCUT2D eigenvalue weighted by Gasteiger charge is 2.43. The van der Waals surface area contributed by atoms with Crippen molar-refractivity contribution in [3.05, 3.63) is 46.8 Å². The first kappa shape index (κ1) is 15.2. The van der Waals surface area contributed by atoms with Crippen LogP contribution < -0.4 is 10.7 Å². The second kappa shape index (κ2) is 5.85. The molecule has 0 bridgehead atoms. The number of nitrogens with zero attached hydrogens (tertiary/aromatic N) is 1. The summed E-state index contributed by atoms with van der Waals surface area (Å²) >= 11 is 0. The van der Waals surface area contributed by atoms with Gasteiger partial charge in [0.05, 0.1) is 12.1 Å². The predicted molar refractivity (Wildman–Crippen MR) is 82.2 cm³/mol. The minimum atomic E-state index is -1.37. The van der Waals surface area contributed by atoms with E-state index in [-0.39, 0.29) is 25.0 Å². The van der Waals surface area contributed by atoms with Crippen LogP contribution in [0.15, 0.2) is 41.3 Å². The summed E-state index contributed by atoms with van der Waals surface area (Å²) < 4.78 is 6.74. The summed E-state index contributed by atoms with van der Waals surface area (Å²) in [7, 11) is 0. The van der Waals surface area contributed by atoms with Crippen LogP contribution in [-0.4, -0.2) is 40.3 Å². The van der Waals surface area contributed by atoms with E-state index in [0.29, 0.717) is 17.5 Å². The molecule has 0 radical (unpaired) electrons. The molecule has 1 aromatic carbocycles. The molecule has 2 heterocycles. The van der Waals surface area contributed by atoms with Crippen molar-refractivity contribution in [2.24, 2.45) is 0 Å². The fraction of sp³-hybridized carbons (Fsp3) is 0.312. The van der Waals surface area contributed by atoms with Gasteiger partial charge in [-0.1, -0.05) is 12.1 Å². The van der Waals surface area contributed by atoms with E-state index >= 15 is 0 Å². The third kappa shape index (κ3) is 2.83. The Labute approximate surface area is 131 Å². The molecule has 1 fully saturated rings. The maximum absolute atomic E-state index is 12.3. The molecule has 23 heavy (non-hydrogen) atoms. The molecule has 1 saturated heterocycles. The van der Waals surface area contributed by atoms with E-state index in [4.69, 9.17) is 4.74 Å². The largest absolute Gasteiger partial charge is 0.479 e. The van der Waals surface area contributed by atoms with Crippen LogP contribution in [0.2, 0.25) is 0 Å². The molecular formula is C16H16N2O5. The van der Waals surface area contributed by atoms with E-state index < -0.39 is 17.4 Å². The third-order valence-electron chi connectivity index (χ3n) is 4.01. The van der Waals surface area contributed by atoms with Crippen LogP contribution in [0.3, 0.4) is 0 Å². The van der Waals surface area contributed by atoms with Crippen LogP contribution >= 0.6 is 0 Å². The zero-order chi connectivity index (χ0) is 16.4. The first-order valence-electron chi connectivity index (χ1n) is 7.22. The topological polar surface area (TPSA) is 97.6 Å². The van der Waals surface area contributed by atoms with Crippen LogP contribution in [0.4, 0.5) is 0 Å². The maximum atomic E-state index is 12.3. The molecule has 7 nitrogen and oxygen atoms in total. The van der Waals surface area contributed by atoms with Crippen molar-refractivity contribution in [2.45, 2.75) is 18.5 Å². The highest BCUT2D eigenvalue weighted by Crippen LogP contribution is 2.19. The van der Waals surface area contributed by atoms with Gasteiger partial charge >= 0.3 is 5.97 Å². The Morgan fingerprint density at radius 2 is 2.09 bits per heavy atom. The van der Waals surface area contributed by atoms with Crippen LogP contribution in [0.5, 0.6) is 0 Å². The minimum absolute atomic E-state index is 0.0427. The Morgan fingerprint density at radius 3 is 2.78 bits per heavy atom. The van der Waals surface area contributed by atoms with Crippen LogP contribution in [-0.2, 0) is 20.9 Å². The number of pyridine rings is 1. The zero-order valence-electron chi connectivity index (χ0n) is 12.3. The van der Waals surface area contributed by atoms with E-state index in [9.17, 15) is 19.5 Å². The van der Waals surface area contributed by atoms with Gasteiger partial charge < -0.3 is 19.7 Å². The molecule has 1 aromatic heterocycles. The Bertz CT molecular complexity index is 821. The van der Waals surface area contributed by atoms with Gasteiger partial charge in [-0.25, -0.2) is 4.79 Å². The monoisotopic (exact) mass is 316 g/mol. The molecule has 0 saturated carbocycles. The summed E-state index contributed by atoms with van der Waals surface area (Å²) in [6.07, 6.45) is 1.77. The van der Waals surface area contributed by atoms with Crippen molar-refractivity contribution in [1.82, 2.24) is 9.88 Å². The third-order valence-corrected chi connectivity index (χ3v) is 4.01. The second-order valence-corrected chi connectivity index (χ2v) is 5.56. The van der Waals surface area contributed by atoms with Crippen molar-refractivity contribution in [3.63, 3.8) is 0 Å². The van der Waals surface area contributed by atoms with Gasteiger partial charge in [0.15, 0.2) is 11.0 Å². The van der Waals surface area contributed by atoms with Gasteiger partial charge in [0, 0.05) is 30.7 Å². The van der Waals surface area contributed by atoms with Gasteiger partial charge in [-0.2, -0.15) is 0 Å². The summed E-state index contributed by atoms with van der Waals surface area (Å²) in [6, 6.07) is 8.36. The molecule has 2 N–H and O–H groups in total. The number of hydrogen-bond acceptors (Lipinski definition) is 4. The van der Waals surface area contributed by atoms with Crippen molar-refractivity contribution < 1.29 is 19.4 Å². The highest BCUT2D eigenvalue weighted by molar-refractivity contribution is 5.88. The summed E-state index contributed by atoms with van der Waals surface area (Å²) in [5, 5.41) is 12.4. The quantitative estimate of drug-likeness (QED) is 0.849. The number of aromatic nitrogens is 1. The standard InChI is InChI=1S/C16H16N2O5/c19-13-5-7-18(12-4-2-1-3-11(12)13)9-14(20)17-16(15(21)22)6-8-23-10-16/h1-5,7H,6,8-10H2,(H,17,20)(H,21,22). The van der Waals surface area contributed by atoms with Gasteiger partial charge in [-0.3, -0.25) is 9.59 Å². The van der Waals surface area contributed by atoms with E-state index in [1.807, 2.05) is 0 Å². The van der Waals surface area contributed by atoms with Crippen molar-refractivity contribution in [3.8, 4) is 0 Å². The zero-order valence-corrected chi connectivity index (χ0v) is 12.3. The number of carbonyl (C=O) groups is 2. The number of rotatable bonds is 4. The fourth-order valence-corrected chi connectivity index (χ4v) is 2.74. The fourth-order valence-electron chi connectivity index (χ4n) is 2.74.